The van der Waals surface area contributed by atoms with Gasteiger partial charge in [-0.25, -0.2) is 9.59 Å². The van der Waals surface area contributed by atoms with E-state index in [1.165, 1.54) is 6.07 Å². The number of amides is 2. The third-order valence-electron chi connectivity index (χ3n) is 2.88. The number of aromatic carboxylic acids is 1. The zero-order valence-corrected chi connectivity index (χ0v) is 11.4. The molecule has 5 nitrogen and oxygen atoms in total. The van der Waals surface area contributed by atoms with Crippen molar-refractivity contribution >= 4 is 33.6 Å². The van der Waals surface area contributed by atoms with Gasteiger partial charge in [-0.05, 0) is 38.0 Å². The van der Waals surface area contributed by atoms with E-state index in [0.29, 0.717) is 4.47 Å². The normalized spacial score (nSPS) is 15.9. The number of carbonyl (C=O) groups is 2. The first-order chi connectivity index (χ1) is 8.39. The smallest absolute Gasteiger partial charge is 0.337 e. The highest BCUT2D eigenvalue weighted by Crippen LogP contribution is 2.34. The van der Waals surface area contributed by atoms with Crippen molar-refractivity contribution in [3.8, 4) is 0 Å². The van der Waals surface area contributed by atoms with Crippen molar-refractivity contribution in [3.63, 3.8) is 0 Å². The molecule has 0 bridgehead atoms. The van der Waals surface area contributed by atoms with Gasteiger partial charge in [-0.1, -0.05) is 15.9 Å². The molecular weight excluding hydrogens is 300 g/mol. The number of carbonyl (C=O) groups excluding carboxylic acids is 1. The first kappa shape index (κ1) is 12.9. The molecule has 1 aromatic rings. The quantitative estimate of drug-likeness (QED) is 0.803. The van der Waals surface area contributed by atoms with Crippen LogP contribution in [0.15, 0.2) is 22.7 Å². The number of hydrogen-bond acceptors (Lipinski definition) is 2. The van der Waals surface area contributed by atoms with Crippen LogP contribution >= 0.6 is 15.9 Å². The summed E-state index contributed by atoms with van der Waals surface area (Å²) < 4.78 is 0.653. The van der Waals surface area contributed by atoms with Gasteiger partial charge in [0.25, 0.3) is 0 Å². The van der Waals surface area contributed by atoms with Crippen LogP contribution in [0.5, 0.6) is 0 Å². The maximum Gasteiger partial charge on any atom is 0.337 e. The molecule has 0 radical (unpaired) electrons. The Morgan fingerprint density at radius 3 is 2.61 bits per heavy atom. The number of rotatable bonds is 3. The third-order valence-corrected chi connectivity index (χ3v) is 3.37. The number of anilines is 1. The number of benzene rings is 1. The van der Waals surface area contributed by atoms with E-state index >= 15 is 0 Å². The Hall–Kier alpha value is -1.56. The first-order valence-electron chi connectivity index (χ1n) is 5.52. The number of nitrogens with one attached hydrogen (secondary N) is 2. The van der Waals surface area contributed by atoms with Crippen molar-refractivity contribution in [2.75, 3.05) is 5.32 Å². The maximum absolute atomic E-state index is 11.7. The van der Waals surface area contributed by atoms with E-state index in [1.54, 1.807) is 12.1 Å². The van der Waals surface area contributed by atoms with E-state index in [1.807, 2.05) is 6.92 Å². The fourth-order valence-corrected chi connectivity index (χ4v) is 1.90. The average Bonchev–Trinajstić information content (AvgIpc) is 2.98. The van der Waals surface area contributed by atoms with E-state index in [4.69, 9.17) is 5.11 Å². The molecule has 1 aliphatic rings. The molecule has 2 rings (SSSR count). The Morgan fingerprint density at radius 2 is 2.06 bits per heavy atom. The molecule has 1 fully saturated rings. The van der Waals surface area contributed by atoms with Gasteiger partial charge in [-0.2, -0.15) is 0 Å². The average molecular weight is 313 g/mol. The van der Waals surface area contributed by atoms with Crippen molar-refractivity contribution in [2.45, 2.75) is 25.3 Å². The number of urea groups is 1. The first-order valence-corrected chi connectivity index (χ1v) is 6.31. The van der Waals surface area contributed by atoms with E-state index in [9.17, 15) is 9.59 Å². The molecule has 0 atom stereocenters. The molecule has 0 aromatic heterocycles. The van der Waals surface area contributed by atoms with Crippen molar-refractivity contribution in [1.82, 2.24) is 5.32 Å². The summed E-state index contributed by atoms with van der Waals surface area (Å²) in [4.78, 5) is 22.8. The fraction of sp³-hybridized carbons (Fsp3) is 0.333. The largest absolute Gasteiger partial charge is 0.478 e. The standard InChI is InChI=1S/C12H13BrN2O3/c1-12(4-5-12)15-11(18)14-9-3-2-7(13)6-8(9)10(16)17/h2-3,6H,4-5H2,1H3,(H,16,17)(H2,14,15,18). The highest BCUT2D eigenvalue weighted by Gasteiger charge is 2.38. The zero-order valence-electron chi connectivity index (χ0n) is 9.79. The number of halogens is 1. The van der Waals surface area contributed by atoms with Crippen LogP contribution in [0.2, 0.25) is 0 Å². The monoisotopic (exact) mass is 312 g/mol. The van der Waals surface area contributed by atoms with Crippen LogP contribution in [-0.2, 0) is 0 Å². The van der Waals surface area contributed by atoms with Crippen LogP contribution in [0.25, 0.3) is 0 Å². The van der Waals surface area contributed by atoms with Crippen LogP contribution in [0.4, 0.5) is 10.5 Å². The Morgan fingerprint density at radius 1 is 1.39 bits per heavy atom. The van der Waals surface area contributed by atoms with Crippen molar-refractivity contribution in [3.05, 3.63) is 28.2 Å². The predicted molar refractivity (Wildman–Crippen MR) is 70.9 cm³/mol. The molecule has 6 heteroatoms. The minimum atomic E-state index is -1.08. The van der Waals surface area contributed by atoms with Gasteiger partial charge >= 0.3 is 12.0 Å². The van der Waals surface area contributed by atoms with E-state index in [2.05, 4.69) is 26.6 Å². The van der Waals surface area contributed by atoms with E-state index in [0.717, 1.165) is 12.8 Å². The summed E-state index contributed by atoms with van der Waals surface area (Å²) in [6.45, 7) is 1.95. The molecule has 0 heterocycles. The third kappa shape index (κ3) is 3.01. The predicted octanol–water partition coefficient (Wildman–Crippen LogP) is 2.82. The molecule has 1 aromatic carbocycles. The molecule has 0 aliphatic heterocycles. The summed E-state index contributed by atoms with van der Waals surface area (Å²) in [5, 5.41) is 14.4. The van der Waals surface area contributed by atoms with Crippen LogP contribution in [-0.4, -0.2) is 22.6 Å². The van der Waals surface area contributed by atoms with Gasteiger partial charge in [0.15, 0.2) is 0 Å². The number of carboxylic acid groups (broad SMARTS) is 1. The lowest BCUT2D eigenvalue weighted by Gasteiger charge is -2.14. The van der Waals surface area contributed by atoms with Crippen LogP contribution in [0, 0.1) is 0 Å². The molecule has 96 valence electrons. The molecule has 1 saturated carbocycles. The second-order valence-electron chi connectivity index (χ2n) is 4.63. The Balaban J connectivity index is 2.13. The minimum Gasteiger partial charge on any atom is -0.478 e. The number of carboxylic acids is 1. The van der Waals surface area contributed by atoms with E-state index in [-0.39, 0.29) is 22.8 Å². The van der Waals surface area contributed by atoms with E-state index < -0.39 is 5.97 Å². The van der Waals surface area contributed by atoms with Gasteiger partial charge in [0, 0.05) is 10.0 Å². The fourth-order valence-electron chi connectivity index (χ4n) is 1.54. The summed E-state index contributed by atoms with van der Waals surface area (Å²) >= 11 is 3.20. The lowest BCUT2D eigenvalue weighted by atomic mass is 10.2. The molecule has 0 spiro atoms. The molecule has 1 aliphatic carbocycles. The van der Waals surface area contributed by atoms with Gasteiger partial charge < -0.3 is 15.7 Å². The molecule has 0 saturated heterocycles. The zero-order chi connectivity index (χ0) is 13.3. The lowest BCUT2D eigenvalue weighted by molar-refractivity contribution is 0.0698. The van der Waals surface area contributed by atoms with Crippen molar-refractivity contribution in [1.29, 1.82) is 0 Å². The van der Waals surface area contributed by atoms with Gasteiger partial charge in [0.05, 0.1) is 11.3 Å². The Bertz CT molecular complexity index is 512. The van der Waals surface area contributed by atoms with Gasteiger partial charge in [-0.15, -0.1) is 0 Å². The minimum absolute atomic E-state index is 0.0560. The Kier molecular flexibility index (Phi) is 3.30. The van der Waals surface area contributed by atoms with Crippen molar-refractivity contribution in [2.24, 2.45) is 0 Å². The van der Waals surface area contributed by atoms with Crippen LogP contribution in [0.3, 0.4) is 0 Å². The van der Waals surface area contributed by atoms with Crippen molar-refractivity contribution < 1.29 is 14.7 Å². The molecule has 0 unspecified atom stereocenters. The lowest BCUT2D eigenvalue weighted by Crippen LogP contribution is -2.37. The molecule has 3 N–H and O–H groups in total. The highest BCUT2D eigenvalue weighted by molar-refractivity contribution is 9.10. The summed E-state index contributed by atoms with van der Waals surface area (Å²) in [5.41, 5.74) is 0.205. The Labute approximate surface area is 113 Å². The van der Waals surface area contributed by atoms with Crippen LogP contribution < -0.4 is 10.6 Å². The van der Waals surface area contributed by atoms with Gasteiger partial charge in [0.1, 0.15) is 0 Å². The SMILES string of the molecule is CC1(NC(=O)Nc2ccc(Br)cc2C(=O)O)CC1. The summed E-state index contributed by atoms with van der Waals surface area (Å²) in [5.74, 6) is -1.08. The second-order valence-corrected chi connectivity index (χ2v) is 5.55. The van der Waals surface area contributed by atoms with Gasteiger partial charge in [-0.3, -0.25) is 0 Å². The second kappa shape index (κ2) is 4.61. The topological polar surface area (TPSA) is 78.4 Å². The maximum atomic E-state index is 11.7. The summed E-state index contributed by atoms with van der Waals surface area (Å²) in [7, 11) is 0. The molecular formula is C12H13BrN2O3. The summed E-state index contributed by atoms with van der Waals surface area (Å²) in [6, 6.07) is 4.32. The molecule has 2 amide bonds. The van der Waals surface area contributed by atoms with Gasteiger partial charge in [0.2, 0.25) is 0 Å². The summed E-state index contributed by atoms with van der Waals surface area (Å²) in [6.07, 6.45) is 1.90. The molecule has 18 heavy (non-hydrogen) atoms. The number of hydrogen-bond donors (Lipinski definition) is 3. The van der Waals surface area contributed by atoms with Crippen LogP contribution in [0.1, 0.15) is 30.1 Å². The highest BCUT2D eigenvalue weighted by atomic mass is 79.9.